The van der Waals surface area contributed by atoms with Crippen molar-refractivity contribution in [1.82, 2.24) is 0 Å². The molecule has 0 spiro atoms. The number of hydrogen-bond donors (Lipinski definition) is 1. The van der Waals surface area contributed by atoms with Gasteiger partial charge in [0.2, 0.25) is 0 Å². The second-order valence-corrected chi connectivity index (χ2v) is 3.77. The first-order valence-electron chi connectivity index (χ1n) is 4.95. The normalized spacial score (nSPS) is 9.88. The number of nitrogens with one attached hydrogen (secondary N) is 1. The molecular weight excluding hydrogens is 222 g/mol. The number of anilines is 2. The lowest BCUT2D eigenvalue weighted by molar-refractivity contribution is 0.417. The molecular formula is C13H12ClNO. The highest BCUT2D eigenvalue weighted by Crippen LogP contribution is 2.30. The van der Waals surface area contributed by atoms with Crippen LogP contribution in [0, 0.1) is 0 Å². The fourth-order valence-electron chi connectivity index (χ4n) is 1.45. The Kier molecular flexibility index (Phi) is 3.32. The van der Waals surface area contributed by atoms with Crippen molar-refractivity contribution in [2.75, 3.05) is 12.4 Å². The number of methoxy groups -OCH3 is 1. The number of hydrogen-bond acceptors (Lipinski definition) is 2. The van der Waals surface area contributed by atoms with Crippen molar-refractivity contribution < 1.29 is 4.74 Å². The summed E-state index contributed by atoms with van der Waals surface area (Å²) >= 11 is 5.89. The Bertz CT molecular complexity index is 471. The van der Waals surface area contributed by atoms with Crippen molar-refractivity contribution in [2.24, 2.45) is 0 Å². The van der Waals surface area contributed by atoms with E-state index in [2.05, 4.69) is 5.32 Å². The Labute approximate surface area is 99.8 Å². The molecule has 0 atom stereocenters. The molecule has 0 aromatic heterocycles. The van der Waals surface area contributed by atoms with E-state index in [1.54, 1.807) is 13.2 Å². The number of benzene rings is 2. The van der Waals surface area contributed by atoms with Crippen LogP contribution in [0.4, 0.5) is 11.4 Å². The third kappa shape index (κ3) is 2.47. The number of halogens is 1. The summed E-state index contributed by atoms with van der Waals surface area (Å²) in [4.78, 5) is 0. The van der Waals surface area contributed by atoms with Crippen LogP contribution in [-0.2, 0) is 0 Å². The molecule has 2 nitrogen and oxygen atoms in total. The van der Waals surface area contributed by atoms with Gasteiger partial charge in [-0.1, -0.05) is 29.8 Å². The van der Waals surface area contributed by atoms with Crippen LogP contribution < -0.4 is 10.1 Å². The molecule has 0 saturated heterocycles. The van der Waals surface area contributed by atoms with Crippen LogP contribution in [0.1, 0.15) is 0 Å². The van der Waals surface area contributed by atoms with Gasteiger partial charge in [-0.3, -0.25) is 0 Å². The molecule has 0 unspecified atom stereocenters. The van der Waals surface area contributed by atoms with Crippen LogP contribution >= 0.6 is 11.6 Å². The quantitative estimate of drug-likeness (QED) is 0.862. The maximum Gasteiger partial charge on any atom is 0.143 e. The number of ether oxygens (including phenoxy) is 1. The molecule has 0 aliphatic heterocycles. The van der Waals surface area contributed by atoms with Crippen molar-refractivity contribution in [3.63, 3.8) is 0 Å². The van der Waals surface area contributed by atoms with E-state index in [9.17, 15) is 0 Å². The van der Waals surface area contributed by atoms with E-state index in [-0.39, 0.29) is 0 Å². The van der Waals surface area contributed by atoms with Crippen molar-refractivity contribution >= 4 is 23.0 Å². The van der Waals surface area contributed by atoms with E-state index in [0.29, 0.717) is 5.02 Å². The summed E-state index contributed by atoms with van der Waals surface area (Å²) in [5.74, 6) is 0.733. The van der Waals surface area contributed by atoms with Crippen LogP contribution in [0.2, 0.25) is 5.02 Å². The Balaban J connectivity index is 2.28. The van der Waals surface area contributed by atoms with Gasteiger partial charge in [-0.25, -0.2) is 0 Å². The van der Waals surface area contributed by atoms with Gasteiger partial charge in [-0.05, 0) is 24.3 Å². The Hall–Kier alpha value is -1.67. The minimum absolute atomic E-state index is 0.662. The lowest BCUT2D eigenvalue weighted by Crippen LogP contribution is -1.94. The van der Waals surface area contributed by atoms with Crippen molar-refractivity contribution in [2.45, 2.75) is 0 Å². The molecule has 0 aliphatic rings. The van der Waals surface area contributed by atoms with Crippen LogP contribution in [-0.4, -0.2) is 7.11 Å². The van der Waals surface area contributed by atoms with Gasteiger partial charge in [0.1, 0.15) is 5.75 Å². The smallest absolute Gasteiger partial charge is 0.143 e. The summed E-state index contributed by atoms with van der Waals surface area (Å²) in [6.07, 6.45) is 0. The van der Waals surface area contributed by atoms with E-state index in [4.69, 9.17) is 16.3 Å². The predicted molar refractivity (Wildman–Crippen MR) is 67.7 cm³/mol. The van der Waals surface area contributed by atoms with Crippen molar-refractivity contribution in [1.29, 1.82) is 0 Å². The number of rotatable bonds is 3. The molecule has 0 heterocycles. The largest absolute Gasteiger partial charge is 0.495 e. The molecule has 0 radical (unpaired) electrons. The van der Waals surface area contributed by atoms with E-state index in [1.807, 2.05) is 42.5 Å². The summed E-state index contributed by atoms with van der Waals surface area (Å²) in [6.45, 7) is 0. The molecule has 3 heteroatoms. The summed E-state index contributed by atoms with van der Waals surface area (Å²) in [5, 5.41) is 3.93. The standard InChI is InChI=1S/C13H12ClNO/c1-16-13-9-10(14)7-8-12(13)15-11-5-3-2-4-6-11/h2-9,15H,1H3. The zero-order chi connectivity index (χ0) is 11.4. The molecule has 0 fully saturated rings. The Morgan fingerprint density at radius 1 is 1.06 bits per heavy atom. The minimum atomic E-state index is 0.662. The highest BCUT2D eigenvalue weighted by atomic mass is 35.5. The first-order valence-corrected chi connectivity index (χ1v) is 5.33. The van der Waals surface area contributed by atoms with Crippen LogP contribution in [0.5, 0.6) is 5.75 Å². The fourth-order valence-corrected chi connectivity index (χ4v) is 1.61. The Morgan fingerprint density at radius 3 is 2.50 bits per heavy atom. The fraction of sp³-hybridized carbons (Fsp3) is 0.0769. The maximum absolute atomic E-state index is 5.89. The first-order chi connectivity index (χ1) is 7.79. The molecule has 0 amide bonds. The highest BCUT2D eigenvalue weighted by Gasteiger charge is 2.03. The third-order valence-electron chi connectivity index (χ3n) is 2.22. The lowest BCUT2D eigenvalue weighted by Gasteiger charge is -2.11. The minimum Gasteiger partial charge on any atom is -0.495 e. The zero-order valence-corrected chi connectivity index (χ0v) is 9.66. The van der Waals surface area contributed by atoms with E-state index >= 15 is 0 Å². The zero-order valence-electron chi connectivity index (χ0n) is 8.91. The summed E-state index contributed by atoms with van der Waals surface area (Å²) < 4.78 is 5.25. The van der Waals surface area contributed by atoms with Gasteiger partial charge in [0.05, 0.1) is 12.8 Å². The lowest BCUT2D eigenvalue weighted by atomic mass is 10.2. The third-order valence-corrected chi connectivity index (χ3v) is 2.45. The predicted octanol–water partition coefficient (Wildman–Crippen LogP) is 4.09. The molecule has 82 valence electrons. The van der Waals surface area contributed by atoms with Gasteiger partial charge >= 0.3 is 0 Å². The molecule has 0 saturated carbocycles. The van der Waals surface area contributed by atoms with Gasteiger partial charge in [0.15, 0.2) is 0 Å². The average Bonchev–Trinajstić information content (AvgIpc) is 2.33. The monoisotopic (exact) mass is 233 g/mol. The van der Waals surface area contributed by atoms with Crippen LogP contribution in [0.3, 0.4) is 0 Å². The molecule has 0 aliphatic carbocycles. The van der Waals surface area contributed by atoms with Gasteiger partial charge in [-0.2, -0.15) is 0 Å². The molecule has 2 rings (SSSR count). The average molecular weight is 234 g/mol. The highest BCUT2D eigenvalue weighted by molar-refractivity contribution is 6.30. The van der Waals surface area contributed by atoms with E-state index < -0.39 is 0 Å². The Morgan fingerprint density at radius 2 is 1.81 bits per heavy atom. The molecule has 0 bridgehead atoms. The van der Waals surface area contributed by atoms with Crippen LogP contribution in [0.25, 0.3) is 0 Å². The van der Waals surface area contributed by atoms with Gasteiger partial charge in [-0.15, -0.1) is 0 Å². The van der Waals surface area contributed by atoms with Crippen molar-refractivity contribution in [3.05, 3.63) is 53.6 Å². The van der Waals surface area contributed by atoms with E-state index in [0.717, 1.165) is 17.1 Å². The molecule has 16 heavy (non-hydrogen) atoms. The summed E-state index contributed by atoms with van der Waals surface area (Å²) in [7, 11) is 1.63. The summed E-state index contributed by atoms with van der Waals surface area (Å²) in [6, 6.07) is 15.4. The van der Waals surface area contributed by atoms with E-state index in [1.165, 1.54) is 0 Å². The van der Waals surface area contributed by atoms with Crippen molar-refractivity contribution in [3.8, 4) is 5.75 Å². The molecule has 2 aromatic carbocycles. The van der Waals surface area contributed by atoms with Gasteiger partial charge < -0.3 is 10.1 Å². The second kappa shape index (κ2) is 4.90. The SMILES string of the molecule is COc1cc(Cl)ccc1Nc1ccccc1. The van der Waals surface area contributed by atoms with Gasteiger partial charge in [0.25, 0.3) is 0 Å². The maximum atomic E-state index is 5.89. The van der Waals surface area contributed by atoms with Gasteiger partial charge in [0, 0.05) is 16.8 Å². The second-order valence-electron chi connectivity index (χ2n) is 3.34. The summed E-state index contributed by atoms with van der Waals surface area (Å²) in [5.41, 5.74) is 1.92. The number of para-hydroxylation sites is 1. The topological polar surface area (TPSA) is 21.3 Å². The first kappa shape index (κ1) is 10.8. The molecule has 1 N–H and O–H groups in total. The molecule has 2 aromatic rings. The van der Waals surface area contributed by atoms with Crippen LogP contribution in [0.15, 0.2) is 48.5 Å².